The Balaban J connectivity index is 2.58. The van der Waals surface area contributed by atoms with E-state index in [-0.39, 0.29) is 29.2 Å². The van der Waals surface area contributed by atoms with E-state index in [2.05, 4.69) is 15.0 Å². The van der Waals surface area contributed by atoms with Crippen molar-refractivity contribution in [2.24, 2.45) is 0 Å². The smallest absolute Gasteiger partial charge is 0.343 e. The highest BCUT2D eigenvalue weighted by Gasteiger charge is 2.15. The number of esters is 1. The number of aromatic nitrogens is 3. The number of carbonyl (C=O) groups is 1. The third-order valence-corrected chi connectivity index (χ3v) is 2.27. The minimum atomic E-state index is -0.682. The van der Waals surface area contributed by atoms with Gasteiger partial charge in [-0.05, 0) is 6.92 Å². The Kier molecular flexibility index (Phi) is 3.22. The normalized spacial score (nSPS) is 10.3. The van der Waals surface area contributed by atoms with Gasteiger partial charge in [0.1, 0.15) is 5.56 Å². The van der Waals surface area contributed by atoms with E-state index in [1.54, 1.807) is 6.92 Å². The fourth-order valence-electron chi connectivity index (χ4n) is 1.43. The molecule has 18 heavy (non-hydrogen) atoms. The van der Waals surface area contributed by atoms with Crippen LogP contribution >= 0.6 is 0 Å². The summed E-state index contributed by atoms with van der Waals surface area (Å²) in [6.07, 6.45) is 2.57. The summed E-state index contributed by atoms with van der Waals surface area (Å²) in [5.41, 5.74) is -0.282. The molecule has 0 aromatic carbocycles. The average Bonchev–Trinajstić information content (AvgIpc) is 2.38. The van der Waals surface area contributed by atoms with Gasteiger partial charge in [-0.3, -0.25) is 4.79 Å². The molecule has 0 spiro atoms. The average molecular weight is 249 g/mol. The topological polar surface area (TPSA) is 94.2 Å². The molecule has 2 aromatic rings. The molecular weight excluding hydrogens is 238 g/mol. The molecule has 0 fully saturated rings. The van der Waals surface area contributed by atoms with Crippen molar-refractivity contribution in [3.63, 3.8) is 0 Å². The van der Waals surface area contributed by atoms with Crippen LogP contribution in [0.1, 0.15) is 17.3 Å². The fraction of sp³-hybridized carbons (Fsp3) is 0.273. The number of rotatable bonds is 3. The van der Waals surface area contributed by atoms with Gasteiger partial charge in [0.25, 0.3) is 0 Å². The lowest BCUT2D eigenvalue weighted by Gasteiger charge is -2.03. The van der Waals surface area contributed by atoms with E-state index in [4.69, 9.17) is 9.47 Å². The molecule has 0 saturated carbocycles. The summed E-state index contributed by atoms with van der Waals surface area (Å²) in [6.45, 7) is 1.86. The number of nitrogens with zero attached hydrogens (tertiary/aromatic N) is 2. The van der Waals surface area contributed by atoms with Crippen LogP contribution < -0.4 is 10.2 Å². The lowest BCUT2D eigenvalue weighted by molar-refractivity contribution is 0.0524. The van der Waals surface area contributed by atoms with Crippen LogP contribution in [0.15, 0.2) is 17.2 Å². The minimum Gasteiger partial charge on any atom is -0.480 e. The molecule has 0 aliphatic carbocycles. The van der Waals surface area contributed by atoms with Gasteiger partial charge in [0, 0.05) is 6.20 Å². The highest BCUT2D eigenvalue weighted by Crippen LogP contribution is 2.08. The molecule has 0 unspecified atom stereocenters. The summed E-state index contributed by atoms with van der Waals surface area (Å²) in [5, 5.41) is 0. The molecular formula is C11H11N3O4. The van der Waals surface area contributed by atoms with Crippen molar-refractivity contribution >= 4 is 17.1 Å². The molecule has 2 heterocycles. The first-order valence-electron chi connectivity index (χ1n) is 5.27. The van der Waals surface area contributed by atoms with E-state index in [1.165, 1.54) is 19.5 Å². The molecule has 0 saturated heterocycles. The first-order chi connectivity index (χ1) is 8.67. The molecule has 1 N–H and O–H groups in total. The highest BCUT2D eigenvalue weighted by atomic mass is 16.5. The maximum atomic E-state index is 12.0. The van der Waals surface area contributed by atoms with Crippen molar-refractivity contribution in [3.05, 3.63) is 28.2 Å². The van der Waals surface area contributed by atoms with Crippen molar-refractivity contribution in [3.8, 4) is 5.88 Å². The van der Waals surface area contributed by atoms with E-state index >= 15 is 0 Å². The van der Waals surface area contributed by atoms with Gasteiger partial charge in [0.2, 0.25) is 11.3 Å². The summed E-state index contributed by atoms with van der Waals surface area (Å²) >= 11 is 0. The Morgan fingerprint density at radius 2 is 2.28 bits per heavy atom. The zero-order chi connectivity index (χ0) is 13.1. The minimum absolute atomic E-state index is 0.0707. The van der Waals surface area contributed by atoms with Gasteiger partial charge >= 0.3 is 5.97 Å². The molecule has 2 rings (SSSR count). The number of carbonyl (C=O) groups excluding carboxylic acids is 1. The Bertz CT molecular complexity index is 650. The van der Waals surface area contributed by atoms with E-state index in [0.717, 1.165) is 0 Å². The maximum Gasteiger partial charge on any atom is 0.343 e. The number of pyridine rings is 1. The number of fused-ring (bicyclic) bond motifs is 1. The quantitative estimate of drug-likeness (QED) is 0.796. The number of nitrogens with one attached hydrogen (secondary N) is 1. The molecule has 0 aliphatic heterocycles. The standard InChI is InChI=1S/C11H11N3O4/c1-3-18-11(16)6-4-13-10-8(9(6)15)12-5-7(14-10)17-2/h4-5H,3H2,1-2H3,(H,13,14,15). The molecule has 0 bridgehead atoms. The largest absolute Gasteiger partial charge is 0.480 e. The van der Waals surface area contributed by atoms with Gasteiger partial charge in [-0.15, -0.1) is 0 Å². The van der Waals surface area contributed by atoms with Crippen LogP contribution in [0.25, 0.3) is 11.2 Å². The zero-order valence-corrected chi connectivity index (χ0v) is 9.89. The van der Waals surface area contributed by atoms with Crippen molar-refractivity contribution in [1.82, 2.24) is 15.0 Å². The summed E-state index contributed by atoms with van der Waals surface area (Å²) in [7, 11) is 1.45. The summed E-state index contributed by atoms with van der Waals surface area (Å²) in [5.74, 6) is -0.402. The van der Waals surface area contributed by atoms with E-state index in [1.807, 2.05) is 0 Å². The molecule has 0 amide bonds. The van der Waals surface area contributed by atoms with Crippen molar-refractivity contribution in [2.75, 3.05) is 13.7 Å². The van der Waals surface area contributed by atoms with Crippen LogP contribution in [0.2, 0.25) is 0 Å². The Labute approximate surface area is 102 Å². The number of aromatic amines is 1. The first-order valence-corrected chi connectivity index (χ1v) is 5.27. The number of ether oxygens (including phenoxy) is 2. The van der Waals surface area contributed by atoms with E-state index in [0.29, 0.717) is 0 Å². The predicted octanol–water partition coefficient (Wildman–Crippen LogP) is 0.503. The van der Waals surface area contributed by atoms with E-state index < -0.39 is 11.4 Å². The third-order valence-electron chi connectivity index (χ3n) is 2.27. The monoisotopic (exact) mass is 249 g/mol. The van der Waals surface area contributed by atoms with Gasteiger partial charge in [-0.1, -0.05) is 0 Å². The predicted molar refractivity (Wildman–Crippen MR) is 62.7 cm³/mol. The molecule has 7 nitrogen and oxygen atoms in total. The maximum absolute atomic E-state index is 12.0. The number of hydrogen-bond donors (Lipinski definition) is 1. The van der Waals surface area contributed by atoms with Crippen LogP contribution in [-0.2, 0) is 4.74 Å². The first kappa shape index (κ1) is 12.0. The van der Waals surface area contributed by atoms with E-state index in [9.17, 15) is 9.59 Å². The second-order valence-electron chi connectivity index (χ2n) is 3.36. The van der Waals surface area contributed by atoms with Gasteiger partial charge in [-0.2, -0.15) is 4.98 Å². The lowest BCUT2D eigenvalue weighted by atomic mass is 10.2. The third kappa shape index (κ3) is 2.02. The van der Waals surface area contributed by atoms with Gasteiger partial charge in [0.05, 0.1) is 19.9 Å². The second kappa shape index (κ2) is 4.82. The van der Waals surface area contributed by atoms with Gasteiger partial charge in [0.15, 0.2) is 11.2 Å². The van der Waals surface area contributed by atoms with Crippen LogP contribution in [-0.4, -0.2) is 34.6 Å². The molecule has 0 radical (unpaired) electrons. The molecule has 94 valence electrons. The Morgan fingerprint density at radius 1 is 1.50 bits per heavy atom. The summed E-state index contributed by atoms with van der Waals surface area (Å²) in [4.78, 5) is 34.1. The van der Waals surface area contributed by atoms with Crippen LogP contribution in [0.4, 0.5) is 0 Å². The van der Waals surface area contributed by atoms with Crippen molar-refractivity contribution in [1.29, 1.82) is 0 Å². The summed E-state index contributed by atoms with van der Waals surface area (Å²) < 4.78 is 9.66. The van der Waals surface area contributed by atoms with Crippen molar-refractivity contribution < 1.29 is 14.3 Å². The zero-order valence-electron chi connectivity index (χ0n) is 9.89. The molecule has 7 heteroatoms. The molecule has 2 aromatic heterocycles. The lowest BCUT2D eigenvalue weighted by Crippen LogP contribution is -2.19. The number of hydrogen-bond acceptors (Lipinski definition) is 6. The number of methoxy groups -OCH3 is 1. The van der Waals surface area contributed by atoms with Gasteiger partial charge in [-0.25, -0.2) is 9.78 Å². The molecule has 0 atom stereocenters. The fourth-order valence-corrected chi connectivity index (χ4v) is 1.43. The van der Waals surface area contributed by atoms with Crippen LogP contribution in [0, 0.1) is 0 Å². The highest BCUT2D eigenvalue weighted by molar-refractivity contribution is 5.91. The SMILES string of the molecule is CCOC(=O)c1c[nH]c2nc(OC)cnc2c1=O. The number of H-pyrrole nitrogens is 1. The van der Waals surface area contributed by atoms with Crippen molar-refractivity contribution in [2.45, 2.75) is 6.92 Å². The Hall–Kier alpha value is -2.44. The summed E-state index contributed by atoms with van der Waals surface area (Å²) in [6, 6.07) is 0. The Morgan fingerprint density at radius 3 is 2.94 bits per heavy atom. The van der Waals surface area contributed by atoms with Crippen LogP contribution in [0.5, 0.6) is 5.88 Å². The van der Waals surface area contributed by atoms with Crippen LogP contribution in [0.3, 0.4) is 0 Å². The van der Waals surface area contributed by atoms with Gasteiger partial charge < -0.3 is 14.5 Å². The second-order valence-corrected chi connectivity index (χ2v) is 3.36. The molecule has 0 aliphatic rings.